The number of rotatable bonds is 6. The monoisotopic (exact) mass is 400 g/mol. The smallest absolute Gasteiger partial charge is 0.241 e. The van der Waals surface area contributed by atoms with Gasteiger partial charge in [0, 0.05) is 0 Å². The number of fused-ring (bicyclic) bond motifs is 1. The van der Waals surface area contributed by atoms with E-state index in [4.69, 9.17) is 0 Å². The summed E-state index contributed by atoms with van der Waals surface area (Å²) < 4.78 is 25.7. The summed E-state index contributed by atoms with van der Waals surface area (Å²) in [5.41, 5.74) is 6.36. The van der Waals surface area contributed by atoms with Crippen LogP contribution in [0.1, 0.15) is 47.2 Å². The molecule has 0 radical (unpaired) electrons. The van der Waals surface area contributed by atoms with Crippen molar-refractivity contribution < 1.29 is 13.2 Å². The molecule has 2 aromatic carbocycles. The number of hydrogen-bond donors (Lipinski definition) is 1. The number of nitrogens with one attached hydrogen (secondary N) is 1. The predicted molar refractivity (Wildman–Crippen MR) is 113 cm³/mol. The predicted octanol–water partition coefficient (Wildman–Crippen LogP) is 3.44. The van der Waals surface area contributed by atoms with Gasteiger partial charge >= 0.3 is 0 Å². The van der Waals surface area contributed by atoms with Crippen LogP contribution in [0.15, 0.2) is 36.4 Å². The molecule has 6 heteroatoms. The molecule has 1 N–H and O–H groups in total. The van der Waals surface area contributed by atoms with Crippen molar-refractivity contribution >= 4 is 21.6 Å². The van der Waals surface area contributed by atoms with Crippen LogP contribution in [0.4, 0.5) is 5.69 Å². The Bertz CT molecular complexity index is 999. The van der Waals surface area contributed by atoms with E-state index in [1.165, 1.54) is 17.5 Å². The molecular formula is C22H28N2O3S. The Morgan fingerprint density at radius 3 is 2.46 bits per heavy atom. The third-order valence-corrected chi connectivity index (χ3v) is 6.61. The summed E-state index contributed by atoms with van der Waals surface area (Å²) in [6, 6.07) is 11.6. The van der Waals surface area contributed by atoms with E-state index in [0.29, 0.717) is 5.69 Å². The summed E-state index contributed by atoms with van der Waals surface area (Å²) >= 11 is 0. The number of anilines is 1. The van der Waals surface area contributed by atoms with Gasteiger partial charge in [-0.15, -0.1) is 0 Å². The van der Waals surface area contributed by atoms with Crippen LogP contribution in [0.3, 0.4) is 0 Å². The summed E-state index contributed by atoms with van der Waals surface area (Å²) in [6.07, 6.45) is 4.51. The van der Waals surface area contributed by atoms with Gasteiger partial charge in [-0.05, 0) is 80.0 Å². The van der Waals surface area contributed by atoms with Crippen molar-refractivity contribution in [1.82, 2.24) is 5.32 Å². The summed E-state index contributed by atoms with van der Waals surface area (Å²) in [5, 5.41) is 2.94. The summed E-state index contributed by atoms with van der Waals surface area (Å²) in [5.74, 6) is -0.323. The van der Waals surface area contributed by atoms with Crippen LogP contribution in [0.2, 0.25) is 0 Å². The zero-order chi connectivity index (χ0) is 20.5. The minimum Gasteiger partial charge on any atom is -0.348 e. The molecule has 0 spiro atoms. The summed E-state index contributed by atoms with van der Waals surface area (Å²) in [7, 11) is -3.58. The number of aryl methyl sites for hydroxylation is 4. The van der Waals surface area contributed by atoms with E-state index in [1.807, 2.05) is 32.9 Å². The fourth-order valence-corrected chi connectivity index (χ4v) is 4.49. The Morgan fingerprint density at radius 2 is 1.79 bits per heavy atom. The Hall–Kier alpha value is -2.34. The lowest BCUT2D eigenvalue weighted by atomic mass is 10.0. The van der Waals surface area contributed by atoms with E-state index >= 15 is 0 Å². The summed E-state index contributed by atoms with van der Waals surface area (Å²) in [4.78, 5) is 12.6. The molecular weight excluding hydrogens is 372 g/mol. The van der Waals surface area contributed by atoms with E-state index in [-0.39, 0.29) is 18.5 Å². The lowest BCUT2D eigenvalue weighted by molar-refractivity contribution is -0.120. The molecule has 0 unspecified atom stereocenters. The van der Waals surface area contributed by atoms with E-state index in [9.17, 15) is 13.2 Å². The Balaban J connectivity index is 1.74. The molecule has 5 nitrogen and oxygen atoms in total. The van der Waals surface area contributed by atoms with Crippen LogP contribution in [-0.2, 0) is 27.7 Å². The number of carbonyl (C=O) groups excluding carboxylic acids is 1. The van der Waals surface area contributed by atoms with Gasteiger partial charge in [-0.25, -0.2) is 8.42 Å². The first-order valence-corrected chi connectivity index (χ1v) is 11.5. The fraction of sp³-hybridized carbons (Fsp3) is 0.409. The van der Waals surface area contributed by atoms with Crippen LogP contribution < -0.4 is 9.62 Å². The first-order chi connectivity index (χ1) is 13.1. The molecule has 1 aliphatic rings. The normalized spacial score (nSPS) is 14.4. The molecule has 1 aliphatic carbocycles. The maximum atomic E-state index is 12.6. The van der Waals surface area contributed by atoms with Gasteiger partial charge in [-0.2, -0.15) is 0 Å². The molecule has 0 bridgehead atoms. The highest BCUT2D eigenvalue weighted by Crippen LogP contribution is 2.26. The molecule has 2 aromatic rings. The lowest BCUT2D eigenvalue weighted by Gasteiger charge is -2.24. The Morgan fingerprint density at radius 1 is 1.07 bits per heavy atom. The van der Waals surface area contributed by atoms with Crippen LogP contribution in [-0.4, -0.2) is 27.1 Å². The van der Waals surface area contributed by atoms with Gasteiger partial charge in [0.15, 0.2) is 0 Å². The highest BCUT2D eigenvalue weighted by atomic mass is 32.2. The number of sulfonamides is 1. The average molecular weight is 401 g/mol. The zero-order valence-corrected chi connectivity index (χ0v) is 17.8. The Labute approximate surface area is 167 Å². The van der Waals surface area contributed by atoms with Crippen molar-refractivity contribution in [1.29, 1.82) is 0 Å². The van der Waals surface area contributed by atoms with Crippen LogP contribution in [0.25, 0.3) is 0 Å². The average Bonchev–Trinajstić information content (AvgIpc) is 3.09. The second kappa shape index (κ2) is 7.95. The second-order valence-electron chi connectivity index (χ2n) is 7.71. The molecule has 0 aliphatic heterocycles. The van der Waals surface area contributed by atoms with Crippen LogP contribution >= 0.6 is 0 Å². The Kier molecular flexibility index (Phi) is 5.79. The van der Waals surface area contributed by atoms with Crippen molar-refractivity contribution in [3.8, 4) is 0 Å². The number of benzene rings is 2. The third kappa shape index (κ3) is 4.55. The van der Waals surface area contributed by atoms with E-state index in [1.54, 1.807) is 12.1 Å². The van der Waals surface area contributed by atoms with Gasteiger partial charge in [0.25, 0.3) is 0 Å². The highest BCUT2D eigenvalue weighted by molar-refractivity contribution is 7.92. The van der Waals surface area contributed by atoms with Crippen molar-refractivity contribution in [2.75, 3.05) is 17.1 Å². The molecule has 28 heavy (non-hydrogen) atoms. The van der Waals surface area contributed by atoms with Gasteiger partial charge in [-0.1, -0.05) is 24.3 Å². The minimum absolute atomic E-state index is 0.181. The molecule has 150 valence electrons. The molecule has 0 saturated carbocycles. The van der Waals surface area contributed by atoms with Gasteiger partial charge in [-0.3, -0.25) is 9.10 Å². The van der Waals surface area contributed by atoms with Gasteiger partial charge in [0.2, 0.25) is 15.9 Å². The minimum atomic E-state index is -3.58. The van der Waals surface area contributed by atoms with Crippen molar-refractivity contribution in [3.63, 3.8) is 0 Å². The molecule has 0 fully saturated rings. The number of amides is 1. The van der Waals surface area contributed by atoms with Crippen molar-refractivity contribution in [2.45, 2.75) is 46.1 Å². The van der Waals surface area contributed by atoms with Crippen LogP contribution in [0.5, 0.6) is 0 Å². The third-order valence-electron chi connectivity index (χ3n) is 5.47. The van der Waals surface area contributed by atoms with E-state index < -0.39 is 10.0 Å². The number of carbonyl (C=O) groups is 1. The SMILES string of the molecule is Cc1ccc(N(CC(=O)N[C@@H](C)c2ccc3c(c2)CCC3)S(C)(=O)=O)cc1C. The van der Waals surface area contributed by atoms with Crippen molar-refractivity contribution in [3.05, 3.63) is 64.2 Å². The van der Waals surface area contributed by atoms with Gasteiger partial charge < -0.3 is 5.32 Å². The van der Waals surface area contributed by atoms with Crippen LogP contribution in [0, 0.1) is 13.8 Å². The van der Waals surface area contributed by atoms with E-state index in [0.717, 1.165) is 40.1 Å². The molecule has 3 rings (SSSR count). The molecule has 1 atom stereocenters. The van der Waals surface area contributed by atoms with Crippen molar-refractivity contribution in [2.24, 2.45) is 0 Å². The largest absolute Gasteiger partial charge is 0.348 e. The molecule has 0 saturated heterocycles. The maximum absolute atomic E-state index is 12.6. The second-order valence-corrected chi connectivity index (χ2v) is 9.62. The first-order valence-electron chi connectivity index (χ1n) is 9.61. The zero-order valence-electron chi connectivity index (χ0n) is 17.0. The van der Waals surface area contributed by atoms with Gasteiger partial charge in [0.1, 0.15) is 6.54 Å². The lowest BCUT2D eigenvalue weighted by Crippen LogP contribution is -2.41. The number of nitrogens with zero attached hydrogens (tertiary/aromatic N) is 1. The quantitative estimate of drug-likeness (QED) is 0.808. The number of hydrogen-bond acceptors (Lipinski definition) is 3. The molecule has 0 heterocycles. The van der Waals surface area contributed by atoms with Gasteiger partial charge in [0.05, 0.1) is 18.0 Å². The molecule has 0 aromatic heterocycles. The fourth-order valence-electron chi connectivity index (χ4n) is 3.64. The highest BCUT2D eigenvalue weighted by Gasteiger charge is 2.22. The van der Waals surface area contributed by atoms with E-state index in [2.05, 4.69) is 17.4 Å². The summed E-state index contributed by atoms with van der Waals surface area (Å²) in [6.45, 7) is 5.58. The standard InChI is InChI=1S/C22H28N2O3S/c1-15-8-11-21(12-16(15)2)24(28(4,26)27)14-22(25)23-17(3)19-10-9-18-6-5-7-20(18)13-19/h8-13,17H,5-7,14H2,1-4H3,(H,23,25)/t17-/m0/s1. The first kappa shape index (κ1) is 20.4. The molecule has 1 amide bonds. The topological polar surface area (TPSA) is 66.5 Å². The maximum Gasteiger partial charge on any atom is 0.241 e.